The van der Waals surface area contributed by atoms with Crippen LogP contribution in [0.1, 0.15) is 41.4 Å². The standard InChI is InChI=1S/C14H16N2O4/c1-2-3-4-12-11(9-20-16-12)8-19-13-6-5-10(7-15-13)14(17)18/h5-7,9H,2-4,8H2,1H3,(H,17,18). The van der Waals surface area contributed by atoms with Gasteiger partial charge in [0, 0.05) is 12.3 Å². The summed E-state index contributed by atoms with van der Waals surface area (Å²) in [5, 5.41) is 12.7. The number of pyridine rings is 1. The highest BCUT2D eigenvalue weighted by Crippen LogP contribution is 2.14. The van der Waals surface area contributed by atoms with Crippen LogP contribution in [0.25, 0.3) is 0 Å². The molecule has 1 N–H and O–H groups in total. The van der Waals surface area contributed by atoms with Gasteiger partial charge in [-0.1, -0.05) is 18.5 Å². The Hall–Kier alpha value is -2.37. The molecule has 2 heterocycles. The van der Waals surface area contributed by atoms with Gasteiger partial charge in [0.1, 0.15) is 12.9 Å². The van der Waals surface area contributed by atoms with Crippen LogP contribution in [-0.2, 0) is 13.0 Å². The van der Waals surface area contributed by atoms with Crippen LogP contribution in [-0.4, -0.2) is 21.2 Å². The van der Waals surface area contributed by atoms with E-state index in [4.69, 9.17) is 14.4 Å². The number of unbranched alkanes of at least 4 members (excludes halogenated alkanes) is 1. The summed E-state index contributed by atoms with van der Waals surface area (Å²) in [5.41, 5.74) is 1.92. The molecule has 0 aliphatic rings. The lowest BCUT2D eigenvalue weighted by Gasteiger charge is -2.04. The maximum absolute atomic E-state index is 10.7. The number of hydrogen-bond donors (Lipinski definition) is 1. The Balaban J connectivity index is 1.94. The van der Waals surface area contributed by atoms with Crippen molar-refractivity contribution in [3.63, 3.8) is 0 Å². The zero-order chi connectivity index (χ0) is 14.4. The van der Waals surface area contributed by atoms with E-state index in [1.165, 1.54) is 18.3 Å². The number of aromatic carboxylic acids is 1. The minimum atomic E-state index is -1.01. The molecule has 2 aromatic rings. The van der Waals surface area contributed by atoms with E-state index < -0.39 is 5.97 Å². The molecule has 0 saturated heterocycles. The van der Waals surface area contributed by atoms with Gasteiger partial charge in [-0.05, 0) is 18.9 Å². The summed E-state index contributed by atoms with van der Waals surface area (Å²) in [5.74, 6) is -0.637. The highest BCUT2D eigenvalue weighted by Gasteiger charge is 2.09. The molecule has 0 bridgehead atoms. The van der Waals surface area contributed by atoms with Crippen molar-refractivity contribution >= 4 is 5.97 Å². The molecule has 0 unspecified atom stereocenters. The van der Waals surface area contributed by atoms with Crippen LogP contribution in [0.3, 0.4) is 0 Å². The predicted molar refractivity (Wildman–Crippen MR) is 70.6 cm³/mol. The number of carboxylic acid groups (broad SMARTS) is 1. The van der Waals surface area contributed by atoms with E-state index in [-0.39, 0.29) is 5.56 Å². The third-order valence-electron chi connectivity index (χ3n) is 2.85. The Bertz CT molecular complexity index is 563. The van der Waals surface area contributed by atoms with Crippen molar-refractivity contribution in [2.45, 2.75) is 32.8 Å². The third kappa shape index (κ3) is 3.57. The summed E-state index contributed by atoms with van der Waals surface area (Å²) in [6.45, 7) is 2.42. The first-order valence-electron chi connectivity index (χ1n) is 6.45. The second kappa shape index (κ2) is 6.70. The summed E-state index contributed by atoms with van der Waals surface area (Å²) in [6, 6.07) is 2.99. The molecule has 0 radical (unpaired) electrons. The summed E-state index contributed by atoms with van der Waals surface area (Å²) in [7, 11) is 0. The minimum absolute atomic E-state index is 0.131. The number of rotatable bonds is 7. The quantitative estimate of drug-likeness (QED) is 0.836. The zero-order valence-corrected chi connectivity index (χ0v) is 11.2. The van der Waals surface area contributed by atoms with E-state index in [9.17, 15) is 4.79 Å². The SMILES string of the molecule is CCCCc1nocc1COc1ccc(C(=O)O)cn1. The number of aromatic nitrogens is 2. The highest BCUT2D eigenvalue weighted by molar-refractivity contribution is 5.87. The van der Waals surface area contributed by atoms with Crippen molar-refractivity contribution in [3.05, 3.63) is 41.4 Å². The Labute approximate surface area is 116 Å². The molecule has 6 nitrogen and oxygen atoms in total. The van der Waals surface area contributed by atoms with Crippen molar-refractivity contribution in [2.75, 3.05) is 0 Å². The molecule has 106 valence electrons. The van der Waals surface area contributed by atoms with Gasteiger partial charge in [-0.2, -0.15) is 0 Å². The maximum atomic E-state index is 10.7. The first-order chi connectivity index (χ1) is 9.70. The largest absolute Gasteiger partial charge is 0.478 e. The number of ether oxygens (including phenoxy) is 1. The summed E-state index contributed by atoms with van der Waals surface area (Å²) >= 11 is 0. The van der Waals surface area contributed by atoms with Gasteiger partial charge < -0.3 is 14.4 Å². The van der Waals surface area contributed by atoms with Gasteiger partial charge in [0.2, 0.25) is 5.88 Å². The molecule has 0 amide bonds. The number of hydrogen-bond acceptors (Lipinski definition) is 5. The molecule has 2 rings (SSSR count). The Morgan fingerprint density at radius 2 is 2.30 bits per heavy atom. The minimum Gasteiger partial charge on any atom is -0.478 e. The number of nitrogens with zero attached hydrogens (tertiary/aromatic N) is 2. The monoisotopic (exact) mass is 276 g/mol. The van der Waals surface area contributed by atoms with Crippen LogP contribution in [0.15, 0.2) is 29.1 Å². The third-order valence-corrected chi connectivity index (χ3v) is 2.85. The number of aryl methyl sites for hydroxylation is 1. The zero-order valence-electron chi connectivity index (χ0n) is 11.2. The van der Waals surface area contributed by atoms with Crippen LogP contribution >= 0.6 is 0 Å². The van der Waals surface area contributed by atoms with Crippen LogP contribution in [0.4, 0.5) is 0 Å². The van der Waals surface area contributed by atoms with Gasteiger partial charge in [-0.25, -0.2) is 9.78 Å². The van der Waals surface area contributed by atoms with Gasteiger partial charge in [0.15, 0.2) is 0 Å². The van der Waals surface area contributed by atoms with Crippen LogP contribution in [0.2, 0.25) is 0 Å². The molecule has 0 aromatic carbocycles. The lowest BCUT2D eigenvalue weighted by Crippen LogP contribution is -2.01. The first-order valence-corrected chi connectivity index (χ1v) is 6.45. The fourth-order valence-electron chi connectivity index (χ4n) is 1.69. The van der Waals surface area contributed by atoms with E-state index >= 15 is 0 Å². The molecule has 0 atom stereocenters. The van der Waals surface area contributed by atoms with Crippen LogP contribution in [0, 0.1) is 0 Å². The van der Waals surface area contributed by atoms with Crippen molar-refractivity contribution in [1.29, 1.82) is 0 Å². The fourth-order valence-corrected chi connectivity index (χ4v) is 1.69. The highest BCUT2D eigenvalue weighted by atomic mass is 16.5. The van der Waals surface area contributed by atoms with E-state index in [0.717, 1.165) is 30.5 Å². The summed E-state index contributed by atoms with van der Waals surface area (Å²) in [4.78, 5) is 14.6. The molecular formula is C14H16N2O4. The lowest BCUT2D eigenvalue weighted by atomic mass is 10.1. The van der Waals surface area contributed by atoms with Gasteiger partial charge >= 0.3 is 5.97 Å². The van der Waals surface area contributed by atoms with Gasteiger partial charge in [-0.3, -0.25) is 0 Å². The Morgan fingerprint density at radius 1 is 1.45 bits per heavy atom. The average molecular weight is 276 g/mol. The van der Waals surface area contributed by atoms with Gasteiger partial charge in [-0.15, -0.1) is 0 Å². The van der Waals surface area contributed by atoms with Crippen LogP contribution in [0.5, 0.6) is 5.88 Å². The second-order valence-electron chi connectivity index (χ2n) is 4.37. The first kappa shape index (κ1) is 14.0. The second-order valence-corrected chi connectivity index (χ2v) is 4.37. The number of carbonyl (C=O) groups is 1. The fraction of sp³-hybridized carbons (Fsp3) is 0.357. The van der Waals surface area contributed by atoms with Gasteiger partial charge in [0.25, 0.3) is 0 Å². The molecule has 0 aliphatic carbocycles. The molecule has 0 spiro atoms. The predicted octanol–water partition coefficient (Wildman–Crippen LogP) is 2.69. The molecule has 6 heteroatoms. The van der Waals surface area contributed by atoms with E-state index in [1.807, 2.05) is 0 Å². The van der Waals surface area contributed by atoms with Crippen molar-refractivity contribution < 1.29 is 19.2 Å². The summed E-state index contributed by atoms with van der Waals surface area (Å²) < 4.78 is 10.5. The molecule has 20 heavy (non-hydrogen) atoms. The normalized spacial score (nSPS) is 10.4. The summed E-state index contributed by atoms with van der Waals surface area (Å²) in [6.07, 6.45) is 5.83. The van der Waals surface area contributed by atoms with Crippen molar-refractivity contribution in [1.82, 2.24) is 10.1 Å². The van der Waals surface area contributed by atoms with E-state index in [1.54, 1.807) is 6.26 Å². The molecule has 0 aliphatic heterocycles. The maximum Gasteiger partial charge on any atom is 0.337 e. The van der Waals surface area contributed by atoms with E-state index in [2.05, 4.69) is 17.1 Å². The smallest absolute Gasteiger partial charge is 0.337 e. The molecular weight excluding hydrogens is 260 g/mol. The molecule has 0 saturated carbocycles. The average Bonchev–Trinajstić information content (AvgIpc) is 2.90. The topological polar surface area (TPSA) is 85.5 Å². The number of carboxylic acids is 1. The lowest BCUT2D eigenvalue weighted by molar-refractivity contribution is 0.0696. The van der Waals surface area contributed by atoms with Gasteiger partial charge in [0.05, 0.1) is 16.8 Å². The van der Waals surface area contributed by atoms with Crippen LogP contribution < -0.4 is 4.74 Å². The van der Waals surface area contributed by atoms with Crippen molar-refractivity contribution in [2.24, 2.45) is 0 Å². The van der Waals surface area contributed by atoms with E-state index in [0.29, 0.717) is 12.5 Å². The molecule has 0 fully saturated rings. The Morgan fingerprint density at radius 3 is 2.95 bits per heavy atom. The molecule has 2 aromatic heterocycles. The Kier molecular flexibility index (Phi) is 4.70. The van der Waals surface area contributed by atoms with Crippen molar-refractivity contribution in [3.8, 4) is 5.88 Å².